The fourth-order valence-electron chi connectivity index (χ4n) is 3.80. The number of hydrogen-bond donors (Lipinski definition) is 1. The molecule has 0 atom stereocenters. The van der Waals surface area contributed by atoms with Crippen LogP contribution < -0.4 is 14.8 Å². The molecule has 0 aliphatic heterocycles. The monoisotopic (exact) mass is 443 g/mol. The van der Waals surface area contributed by atoms with Crippen molar-refractivity contribution in [3.05, 3.63) is 89.7 Å². The Morgan fingerprint density at radius 3 is 2.48 bits per heavy atom. The summed E-state index contributed by atoms with van der Waals surface area (Å²) in [5.41, 5.74) is 3.86. The number of carbonyl (C=O) groups excluding carboxylic acids is 1. The summed E-state index contributed by atoms with van der Waals surface area (Å²) in [7, 11) is 1.64. The molecule has 1 amide bonds. The van der Waals surface area contributed by atoms with Crippen LogP contribution in [0, 0.1) is 6.92 Å². The van der Waals surface area contributed by atoms with Crippen molar-refractivity contribution in [3.63, 3.8) is 0 Å². The molecule has 0 aliphatic rings. The maximum absolute atomic E-state index is 12.4. The molecule has 0 aliphatic carbocycles. The van der Waals surface area contributed by atoms with Crippen molar-refractivity contribution in [1.82, 2.24) is 14.9 Å². The summed E-state index contributed by atoms with van der Waals surface area (Å²) >= 11 is 0. The molecule has 0 saturated carbocycles. The Hall–Kier alpha value is -3.80. The first kappa shape index (κ1) is 22.4. The van der Waals surface area contributed by atoms with Gasteiger partial charge in [0.1, 0.15) is 5.82 Å². The van der Waals surface area contributed by atoms with Gasteiger partial charge < -0.3 is 19.4 Å². The number of rotatable bonds is 10. The van der Waals surface area contributed by atoms with Gasteiger partial charge in [0, 0.05) is 25.1 Å². The number of para-hydroxylation sites is 4. The maximum Gasteiger partial charge on any atom is 0.251 e. The van der Waals surface area contributed by atoms with Crippen molar-refractivity contribution in [2.75, 3.05) is 20.3 Å². The molecular formula is C27H29N3O3. The van der Waals surface area contributed by atoms with Crippen molar-refractivity contribution < 1.29 is 14.3 Å². The molecular weight excluding hydrogens is 414 g/mol. The Kier molecular flexibility index (Phi) is 7.25. The quantitative estimate of drug-likeness (QED) is 0.358. The number of hydrogen-bond acceptors (Lipinski definition) is 4. The molecule has 33 heavy (non-hydrogen) atoms. The molecule has 0 saturated heterocycles. The maximum atomic E-state index is 12.4. The third kappa shape index (κ3) is 5.52. The molecule has 6 nitrogen and oxygen atoms in total. The molecule has 1 aromatic heterocycles. The van der Waals surface area contributed by atoms with Crippen molar-refractivity contribution >= 4 is 16.9 Å². The summed E-state index contributed by atoms with van der Waals surface area (Å²) in [6, 6.07) is 23.4. The second-order valence-electron chi connectivity index (χ2n) is 7.89. The summed E-state index contributed by atoms with van der Waals surface area (Å²) in [6.07, 6.45) is 1.47. The number of imidazole rings is 1. The highest BCUT2D eigenvalue weighted by Crippen LogP contribution is 2.26. The molecule has 1 N–H and O–H groups in total. The third-order valence-corrected chi connectivity index (χ3v) is 5.53. The van der Waals surface area contributed by atoms with Gasteiger partial charge in [-0.3, -0.25) is 4.79 Å². The molecule has 1 heterocycles. The number of methoxy groups -OCH3 is 1. The van der Waals surface area contributed by atoms with Crippen LogP contribution in [0.1, 0.15) is 28.2 Å². The molecule has 0 spiro atoms. The minimum atomic E-state index is -0.0668. The Morgan fingerprint density at radius 2 is 1.70 bits per heavy atom. The Bertz CT molecular complexity index is 1220. The van der Waals surface area contributed by atoms with Crippen LogP contribution >= 0.6 is 0 Å². The fraction of sp³-hybridized carbons (Fsp3) is 0.259. The van der Waals surface area contributed by atoms with E-state index in [1.165, 1.54) is 0 Å². The van der Waals surface area contributed by atoms with Crippen LogP contribution in [0.15, 0.2) is 72.8 Å². The fourth-order valence-corrected chi connectivity index (χ4v) is 3.80. The topological polar surface area (TPSA) is 65.4 Å². The lowest BCUT2D eigenvalue weighted by Gasteiger charge is -2.12. The number of aryl methyl sites for hydroxylation is 2. The number of ether oxygens (including phenoxy) is 2. The van der Waals surface area contributed by atoms with Gasteiger partial charge in [-0.15, -0.1) is 0 Å². The van der Waals surface area contributed by atoms with E-state index in [2.05, 4.69) is 16.0 Å². The highest BCUT2D eigenvalue weighted by Gasteiger charge is 2.12. The van der Waals surface area contributed by atoms with Gasteiger partial charge in [-0.05, 0) is 49.7 Å². The van der Waals surface area contributed by atoms with Gasteiger partial charge >= 0.3 is 0 Å². The standard InChI is InChI=1S/C27H29N3O3/c1-20-12-14-21(15-13-20)27(31)28-17-16-26-29-22-8-3-4-9-23(22)30(26)18-7-19-33-25-11-6-5-10-24(25)32-2/h3-6,8-15H,7,16-19H2,1-2H3,(H,28,31). The van der Waals surface area contributed by atoms with Gasteiger partial charge in [-0.1, -0.05) is 42.0 Å². The zero-order chi connectivity index (χ0) is 23.0. The van der Waals surface area contributed by atoms with Crippen LogP contribution in [0.4, 0.5) is 0 Å². The van der Waals surface area contributed by atoms with Crippen molar-refractivity contribution in [2.24, 2.45) is 0 Å². The van der Waals surface area contributed by atoms with Gasteiger partial charge in [-0.25, -0.2) is 4.98 Å². The normalized spacial score (nSPS) is 10.8. The third-order valence-electron chi connectivity index (χ3n) is 5.53. The average molecular weight is 444 g/mol. The van der Waals surface area contributed by atoms with Crippen molar-refractivity contribution in [2.45, 2.75) is 26.3 Å². The number of aromatic nitrogens is 2. The highest BCUT2D eigenvalue weighted by molar-refractivity contribution is 5.94. The first-order chi connectivity index (χ1) is 16.2. The second kappa shape index (κ2) is 10.7. The van der Waals surface area contributed by atoms with Gasteiger partial charge in [-0.2, -0.15) is 0 Å². The molecule has 4 aromatic rings. The van der Waals surface area contributed by atoms with E-state index in [-0.39, 0.29) is 5.91 Å². The summed E-state index contributed by atoms with van der Waals surface area (Å²) in [6.45, 7) is 3.87. The SMILES string of the molecule is COc1ccccc1OCCCn1c(CCNC(=O)c2ccc(C)cc2)nc2ccccc21. The van der Waals surface area contributed by atoms with Crippen LogP contribution in [-0.4, -0.2) is 35.7 Å². The minimum Gasteiger partial charge on any atom is -0.493 e. The summed E-state index contributed by atoms with van der Waals surface area (Å²) in [5, 5.41) is 3.01. The number of benzene rings is 3. The van der Waals surface area contributed by atoms with E-state index in [1.54, 1.807) is 7.11 Å². The molecule has 3 aromatic carbocycles. The molecule has 170 valence electrons. The highest BCUT2D eigenvalue weighted by atomic mass is 16.5. The van der Waals surface area contributed by atoms with Gasteiger partial charge in [0.05, 0.1) is 24.8 Å². The molecule has 0 fully saturated rings. The van der Waals surface area contributed by atoms with Crippen LogP contribution in [0.3, 0.4) is 0 Å². The largest absolute Gasteiger partial charge is 0.493 e. The van der Waals surface area contributed by atoms with Crippen LogP contribution in [-0.2, 0) is 13.0 Å². The van der Waals surface area contributed by atoms with E-state index >= 15 is 0 Å². The van der Waals surface area contributed by atoms with E-state index in [0.29, 0.717) is 25.1 Å². The second-order valence-corrected chi connectivity index (χ2v) is 7.89. The van der Waals surface area contributed by atoms with E-state index in [9.17, 15) is 4.79 Å². The lowest BCUT2D eigenvalue weighted by atomic mass is 10.1. The number of amides is 1. The smallest absolute Gasteiger partial charge is 0.251 e. The van der Waals surface area contributed by atoms with Gasteiger partial charge in [0.2, 0.25) is 0 Å². The predicted octanol–water partition coefficient (Wildman–Crippen LogP) is 4.79. The van der Waals surface area contributed by atoms with Crippen molar-refractivity contribution in [3.8, 4) is 11.5 Å². The van der Waals surface area contributed by atoms with E-state index in [4.69, 9.17) is 14.5 Å². The Labute approximate surface area is 194 Å². The first-order valence-electron chi connectivity index (χ1n) is 11.2. The van der Waals surface area contributed by atoms with Crippen LogP contribution in [0.2, 0.25) is 0 Å². The van der Waals surface area contributed by atoms with Crippen LogP contribution in [0.25, 0.3) is 11.0 Å². The van der Waals surface area contributed by atoms with Crippen molar-refractivity contribution in [1.29, 1.82) is 0 Å². The summed E-state index contributed by atoms with van der Waals surface area (Å²) in [4.78, 5) is 17.2. The van der Waals surface area contributed by atoms with E-state index in [1.807, 2.05) is 73.7 Å². The average Bonchev–Trinajstić information content (AvgIpc) is 3.19. The van der Waals surface area contributed by atoms with E-state index in [0.717, 1.165) is 46.9 Å². The number of nitrogens with one attached hydrogen (secondary N) is 1. The first-order valence-corrected chi connectivity index (χ1v) is 11.2. The molecule has 0 radical (unpaired) electrons. The number of nitrogens with zero attached hydrogens (tertiary/aromatic N) is 2. The predicted molar refractivity (Wildman–Crippen MR) is 130 cm³/mol. The molecule has 6 heteroatoms. The van der Waals surface area contributed by atoms with Gasteiger partial charge in [0.15, 0.2) is 11.5 Å². The Morgan fingerprint density at radius 1 is 0.970 bits per heavy atom. The lowest BCUT2D eigenvalue weighted by Crippen LogP contribution is -2.26. The minimum absolute atomic E-state index is 0.0668. The molecule has 0 unspecified atom stereocenters. The Balaban J connectivity index is 1.38. The van der Waals surface area contributed by atoms with E-state index < -0.39 is 0 Å². The zero-order valence-corrected chi connectivity index (χ0v) is 19.1. The summed E-state index contributed by atoms with van der Waals surface area (Å²) in [5.74, 6) is 2.37. The van der Waals surface area contributed by atoms with Gasteiger partial charge in [0.25, 0.3) is 5.91 Å². The molecule has 4 rings (SSSR count). The lowest BCUT2D eigenvalue weighted by molar-refractivity contribution is 0.0954. The number of carbonyl (C=O) groups is 1. The zero-order valence-electron chi connectivity index (χ0n) is 19.1. The molecule has 0 bridgehead atoms. The summed E-state index contributed by atoms with van der Waals surface area (Å²) < 4.78 is 13.5. The number of fused-ring (bicyclic) bond motifs is 1. The van der Waals surface area contributed by atoms with Crippen LogP contribution in [0.5, 0.6) is 11.5 Å².